The van der Waals surface area contributed by atoms with Crippen molar-refractivity contribution in [3.8, 4) is 0 Å². The second kappa shape index (κ2) is 3.53. The molecule has 1 atom stereocenters. The van der Waals surface area contributed by atoms with E-state index in [0.717, 1.165) is 11.4 Å². The molecular formula is C8H10N2O3S. The molecule has 0 aromatic carbocycles. The molecule has 1 saturated heterocycles. The lowest BCUT2D eigenvalue weighted by Crippen LogP contribution is -2.52. The van der Waals surface area contributed by atoms with Gasteiger partial charge in [-0.1, -0.05) is 6.08 Å². The second-order valence-corrected chi connectivity index (χ2v) is 4.27. The van der Waals surface area contributed by atoms with Gasteiger partial charge in [0, 0.05) is 5.75 Å². The van der Waals surface area contributed by atoms with Crippen LogP contribution in [-0.4, -0.2) is 34.6 Å². The van der Waals surface area contributed by atoms with Crippen LogP contribution in [0.5, 0.6) is 0 Å². The molecule has 2 aliphatic heterocycles. The molecule has 2 N–H and O–H groups in total. The Bertz CT molecular complexity index is 316. The number of ether oxygens (including phenoxy) is 1. The summed E-state index contributed by atoms with van der Waals surface area (Å²) in [6.45, 7) is 0.0954. The monoisotopic (exact) mass is 214 g/mol. The molecule has 2 heterocycles. The van der Waals surface area contributed by atoms with Gasteiger partial charge in [0.1, 0.15) is 6.61 Å². The van der Waals surface area contributed by atoms with E-state index in [-0.39, 0.29) is 17.9 Å². The van der Waals surface area contributed by atoms with Gasteiger partial charge in [-0.3, -0.25) is 9.69 Å². The fourth-order valence-electron chi connectivity index (χ4n) is 1.49. The van der Waals surface area contributed by atoms with Gasteiger partial charge in [-0.05, 0) is 0 Å². The zero-order valence-corrected chi connectivity index (χ0v) is 8.25. The Balaban J connectivity index is 1.99. The van der Waals surface area contributed by atoms with Gasteiger partial charge in [0.15, 0.2) is 0 Å². The SMILES string of the molecule is NC(=O)OCC1=CCS[C@@H]2CC(=O)N12. The molecular weight excluding hydrogens is 204 g/mol. The third kappa shape index (κ3) is 1.57. The molecule has 0 saturated carbocycles. The first-order valence-corrected chi connectivity index (χ1v) is 5.28. The van der Waals surface area contributed by atoms with Crippen LogP contribution in [0.2, 0.25) is 0 Å². The summed E-state index contributed by atoms with van der Waals surface area (Å²) in [7, 11) is 0. The molecule has 1 fully saturated rings. The molecule has 0 aliphatic carbocycles. The molecule has 0 unspecified atom stereocenters. The van der Waals surface area contributed by atoms with Gasteiger partial charge < -0.3 is 10.5 Å². The molecule has 2 aliphatic rings. The van der Waals surface area contributed by atoms with E-state index in [0.29, 0.717) is 6.42 Å². The summed E-state index contributed by atoms with van der Waals surface area (Å²) in [5.74, 6) is 0.938. The lowest BCUT2D eigenvalue weighted by Gasteiger charge is -2.43. The first-order valence-electron chi connectivity index (χ1n) is 4.23. The summed E-state index contributed by atoms with van der Waals surface area (Å²) in [5, 5.41) is 0.235. The number of hydrogen-bond acceptors (Lipinski definition) is 4. The van der Waals surface area contributed by atoms with Crippen molar-refractivity contribution in [2.75, 3.05) is 12.4 Å². The maximum absolute atomic E-state index is 11.2. The van der Waals surface area contributed by atoms with Gasteiger partial charge in [-0.15, -0.1) is 11.8 Å². The Morgan fingerprint density at radius 1 is 1.79 bits per heavy atom. The molecule has 0 aromatic heterocycles. The van der Waals surface area contributed by atoms with Gasteiger partial charge in [0.25, 0.3) is 0 Å². The van der Waals surface area contributed by atoms with E-state index in [2.05, 4.69) is 4.74 Å². The van der Waals surface area contributed by atoms with Gasteiger partial charge in [-0.25, -0.2) is 4.79 Å². The number of amides is 2. The van der Waals surface area contributed by atoms with Crippen molar-refractivity contribution in [3.63, 3.8) is 0 Å². The van der Waals surface area contributed by atoms with Crippen LogP contribution in [0.25, 0.3) is 0 Å². The number of hydrogen-bond donors (Lipinski definition) is 1. The molecule has 0 radical (unpaired) electrons. The van der Waals surface area contributed by atoms with Crippen LogP contribution < -0.4 is 5.73 Å². The molecule has 0 aromatic rings. The van der Waals surface area contributed by atoms with Crippen LogP contribution in [0.15, 0.2) is 11.8 Å². The van der Waals surface area contributed by atoms with Crippen molar-refractivity contribution >= 4 is 23.8 Å². The Labute approximate surface area is 85.3 Å². The van der Waals surface area contributed by atoms with Crippen LogP contribution in [0.3, 0.4) is 0 Å². The largest absolute Gasteiger partial charge is 0.443 e. The minimum atomic E-state index is -0.811. The van der Waals surface area contributed by atoms with Gasteiger partial charge in [0.2, 0.25) is 5.91 Å². The third-order valence-corrected chi connectivity index (χ3v) is 3.31. The van der Waals surface area contributed by atoms with Gasteiger partial charge in [0.05, 0.1) is 17.5 Å². The van der Waals surface area contributed by atoms with E-state index in [9.17, 15) is 9.59 Å². The average Bonchev–Trinajstić information content (AvgIpc) is 2.12. The molecule has 76 valence electrons. The van der Waals surface area contributed by atoms with Crippen molar-refractivity contribution in [2.45, 2.75) is 11.8 Å². The lowest BCUT2D eigenvalue weighted by molar-refractivity contribution is -0.139. The van der Waals surface area contributed by atoms with Crippen molar-refractivity contribution in [2.24, 2.45) is 5.73 Å². The predicted octanol–water partition coefficient (Wildman–Crippen LogP) is 0.271. The quantitative estimate of drug-likeness (QED) is 0.670. The van der Waals surface area contributed by atoms with E-state index in [1.54, 1.807) is 16.7 Å². The summed E-state index contributed by atoms with van der Waals surface area (Å²) >= 11 is 1.71. The van der Waals surface area contributed by atoms with E-state index in [1.807, 2.05) is 6.08 Å². The van der Waals surface area contributed by atoms with E-state index in [1.165, 1.54) is 0 Å². The Hall–Kier alpha value is -1.17. The fourth-order valence-corrected chi connectivity index (χ4v) is 2.67. The number of carbonyl (C=O) groups excluding carboxylic acids is 2. The molecule has 2 amide bonds. The van der Waals surface area contributed by atoms with Crippen LogP contribution in [0.4, 0.5) is 4.79 Å². The molecule has 14 heavy (non-hydrogen) atoms. The summed E-state index contributed by atoms with van der Waals surface area (Å²) in [4.78, 5) is 23.3. The van der Waals surface area contributed by atoms with Gasteiger partial charge >= 0.3 is 6.09 Å². The number of nitrogens with zero attached hydrogens (tertiary/aromatic N) is 1. The highest BCUT2D eigenvalue weighted by Gasteiger charge is 2.40. The Kier molecular flexibility index (Phi) is 2.37. The molecule has 6 heteroatoms. The third-order valence-electron chi connectivity index (χ3n) is 2.19. The fraction of sp³-hybridized carbons (Fsp3) is 0.500. The van der Waals surface area contributed by atoms with E-state index in [4.69, 9.17) is 5.73 Å². The van der Waals surface area contributed by atoms with Crippen molar-refractivity contribution in [3.05, 3.63) is 11.8 Å². The van der Waals surface area contributed by atoms with Crippen molar-refractivity contribution in [1.29, 1.82) is 0 Å². The number of fused-ring (bicyclic) bond motifs is 1. The van der Waals surface area contributed by atoms with Gasteiger partial charge in [-0.2, -0.15) is 0 Å². The minimum absolute atomic E-state index is 0.0847. The topological polar surface area (TPSA) is 72.6 Å². The van der Waals surface area contributed by atoms with E-state index < -0.39 is 6.09 Å². The Morgan fingerprint density at radius 2 is 2.57 bits per heavy atom. The molecule has 2 rings (SSSR count). The normalized spacial score (nSPS) is 24.9. The summed E-state index contributed by atoms with van der Waals surface area (Å²) < 4.78 is 4.65. The highest BCUT2D eigenvalue weighted by atomic mass is 32.2. The number of carbonyl (C=O) groups is 2. The maximum atomic E-state index is 11.2. The predicted molar refractivity (Wildman–Crippen MR) is 51.3 cm³/mol. The maximum Gasteiger partial charge on any atom is 0.404 e. The van der Waals surface area contributed by atoms with Crippen LogP contribution in [0, 0.1) is 0 Å². The number of rotatable bonds is 2. The smallest absolute Gasteiger partial charge is 0.404 e. The summed E-state index contributed by atoms with van der Waals surface area (Å²) in [5.41, 5.74) is 5.60. The second-order valence-electron chi connectivity index (χ2n) is 3.06. The molecule has 0 bridgehead atoms. The minimum Gasteiger partial charge on any atom is -0.443 e. The average molecular weight is 214 g/mol. The standard InChI is InChI=1S/C8H10N2O3S/c9-8(12)13-4-5-1-2-14-7-3-6(11)10(5)7/h1,7H,2-4H2,(H2,9,12)/t7-/m1/s1. The lowest BCUT2D eigenvalue weighted by atomic mass is 10.1. The molecule has 0 spiro atoms. The number of β-lactam (4-membered cyclic amide) rings is 1. The zero-order valence-electron chi connectivity index (χ0n) is 7.43. The van der Waals surface area contributed by atoms with Crippen LogP contribution in [-0.2, 0) is 9.53 Å². The van der Waals surface area contributed by atoms with E-state index >= 15 is 0 Å². The Morgan fingerprint density at radius 3 is 3.21 bits per heavy atom. The highest BCUT2D eigenvalue weighted by molar-refractivity contribution is 8.00. The zero-order chi connectivity index (χ0) is 10.1. The first kappa shape index (κ1) is 9.39. The number of thioether (sulfide) groups is 1. The van der Waals surface area contributed by atoms with Crippen LogP contribution >= 0.6 is 11.8 Å². The summed E-state index contributed by atoms with van der Waals surface area (Å²) in [6.07, 6.45) is 1.66. The van der Waals surface area contributed by atoms with Crippen LogP contribution in [0.1, 0.15) is 6.42 Å². The van der Waals surface area contributed by atoms with Crippen molar-refractivity contribution in [1.82, 2.24) is 4.90 Å². The van der Waals surface area contributed by atoms with Crippen molar-refractivity contribution < 1.29 is 14.3 Å². The first-order chi connectivity index (χ1) is 6.68. The summed E-state index contributed by atoms with van der Waals surface area (Å²) in [6, 6.07) is 0. The molecule has 5 nitrogen and oxygen atoms in total. The number of nitrogens with two attached hydrogens (primary N) is 1. The number of primary amides is 1. The highest BCUT2D eigenvalue weighted by Crippen LogP contribution is 2.36.